The molecule has 0 atom stereocenters. The molecule has 1 heterocycles. The Bertz CT molecular complexity index is 599. The summed E-state index contributed by atoms with van der Waals surface area (Å²) in [5.41, 5.74) is 7.11. The number of hydrogen-bond donors (Lipinski definition) is 1. The standard InChI is InChI=1S/C14H20FN5O/c1-10-8-11(16)9-12(13(10)15)14-17-18-19-20(14)6-4-3-5-7-21-2/h8-9H,3-7,16H2,1-2H3. The van der Waals surface area contributed by atoms with Gasteiger partial charge in [0.15, 0.2) is 5.82 Å². The molecule has 0 amide bonds. The Balaban J connectivity index is 2.13. The van der Waals surface area contributed by atoms with Gasteiger partial charge in [0.05, 0.1) is 5.56 Å². The van der Waals surface area contributed by atoms with Crippen LogP contribution in [0.5, 0.6) is 0 Å². The highest BCUT2D eigenvalue weighted by atomic mass is 19.1. The monoisotopic (exact) mass is 293 g/mol. The number of nitrogens with zero attached hydrogens (tertiary/aromatic N) is 4. The molecule has 2 aromatic rings. The second-order valence-electron chi connectivity index (χ2n) is 4.98. The molecular weight excluding hydrogens is 273 g/mol. The topological polar surface area (TPSA) is 78.8 Å². The fraction of sp³-hybridized carbons (Fsp3) is 0.500. The minimum atomic E-state index is -0.334. The first kappa shape index (κ1) is 15.4. The van der Waals surface area contributed by atoms with Crippen LogP contribution in [0.15, 0.2) is 12.1 Å². The van der Waals surface area contributed by atoms with E-state index < -0.39 is 0 Å². The van der Waals surface area contributed by atoms with Crippen molar-refractivity contribution in [2.24, 2.45) is 0 Å². The summed E-state index contributed by atoms with van der Waals surface area (Å²) in [5.74, 6) is 0.0780. The van der Waals surface area contributed by atoms with E-state index in [9.17, 15) is 4.39 Å². The number of unbranched alkanes of at least 4 members (excludes halogenated alkanes) is 2. The number of anilines is 1. The van der Waals surface area contributed by atoms with E-state index in [1.807, 2.05) is 0 Å². The van der Waals surface area contributed by atoms with Crippen LogP contribution in [0.4, 0.5) is 10.1 Å². The van der Waals surface area contributed by atoms with E-state index in [-0.39, 0.29) is 5.82 Å². The van der Waals surface area contributed by atoms with Crippen LogP contribution in [0, 0.1) is 12.7 Å². The Hall–Kier alpha value is -2.02. The number of tetrazole rings is 1. The molecule has 2 rings (SSSR count). The number of methoxy groups -OCH3 is 1. The van der Waals surface area contributed by atoms with Crippen LogP contribution in [0.1, 0.15) is 24.8 Å². The van der Waals surface area contributed by atoms with Gasteiger partial charge in [-0.05, 0) is 54.3 Å². The van der Waals surface area contributed by atoms with E-state index in [0.717, 1.165) is 25.9 Å². The lowest BCUT2D eigenvalue weighted by molar-refractivity contribution is 0.191. The molecule has 1 aromatic carbocycles. The van der Waals surface area contributed by atoms with E-state index in [2.05, 4.69) is 15.5 Å². The summed E-state index contributed by atoms with van der Waals surface area (Å²) in [5, 5.41) is 11.5. The van der Waals surface area contributed by atoms with Crippen molar-refractivity contribution in [1.82, 2.24) is 20.2 Å². The lowest BCUT2D eigenvalue weighted by Gasteiger charge is -2.08. The first-order valence-corrected chi connectivity index (χ1v) is 6.94. The molecule has 0 aliphatic rings. The number of aryl methyl sites for hydroxylation is 2. The van der Waals surface area contributed by atoms with E-state index in [1.54, 1.807) is 30.8 Å². The Morgan fingerprint density at radius 3 is 2.86 bits per heavy atom. The van der Waals surface area contributed by atoms with Crippen LogP contribution >= 0.6 is 0 Å². The maximum absolute atomic E-state index is 14.2. The molecule has 0 aliphatic carbocycles. The van der Waals surface area contributed by atoms with Crippen molar-refractivity contribution < 1.29 is 9.13 Å². The maximum atomic E-state index is 14.2. The van der Waals surface area contributed by atoms with Crippen LogP contribution in [0.25, 0.3) is 11.4 Å². The van der Waals surface area contributed by atoms with Crippen LogP contribution in [-0.4, -0.2) is 33.9 Å². The zero-order valence-corrected chi connectivity index (χ0v) is 12.3. The van der Waals surface area contributed by atoms with Crippen LogP contribution in [-0.2, 0) is 11.3 Å². The predicted octanol–water partition coefficient (Wildman–Crippen LogP) is 2.19. The van der Waals surface area contributed by atoms with Gasteiger partial charge in [0.2, 0.25) is 0 Å². The fourth-order valence-electron chi connectivity index (χ4n) is 2.19. The van der Waals surface area contributed by atoms with Gasteiger partial charge < -0.3 is 10.5 Å². The highest BCUT2D eigenvalue weighted by Crippen LogP contribution is 2.25. The summed E-state index contributed by atoms with van der Waals surface area (Å²) in [6, 6.07) is 3.16. The Labute approximate surface area is 123 Å². The SMILES string of the molecule is COCCCCCn1nnnc1-c1cc(N)cc(C)c1F. The maximum Gasteiger partial charge on any atom is 0.185 e. The van der Waals surface area contributed by atoms with Crippen molar-refractivity contribution in [2.45, 2.75) is 32.7 Å². The molecule has 0 radical (unpaired) electrons. The number of ether oxygens (including phenoxy) is 1. The third-order valence-corrected chi connectivity index (χ3v) is 3.27. The van der Waals surface area contributed by atoms with E-state index in [4.69, 9.17) is 10.5 Å². The molecule has 0 spiro atoms. The third-order valence-electron chi connectivity index (χ3n) is 3.27. The molecule has 0 fully saturated rings. The smallest absolute Gasteiger partial charge is 0.185 e. The van der Waals surface area contributed by atoms with Gasteiger partial charge in [-0.2, -0.15) is 0 Å². The summed E-state index contributed by atoms with van der Waals surface area (Å²) in [7, 11) is 1.68. The normalized spacial score (nSPS) is 11.0. The number of rotatable bonds is 7. The average Bonchev–Trinajstić information content (AvgIpc) is 2.91. The minimum Gasteiger partial charge on any atom is -0.399 e. The van der Waals surface area contributed by atoms with Gasteiger partial charge in [-0.25, -0.2) is 9.07 Å². The van der Waals surface area contributed by atoms with Gasteiger partial charge in [-0.1, -0.05) is 0 Å². The lowest BCUT2D eigenvalue weighted by atomic mass is 10.1. The lowest BCUT2D eigenvalue weighted by Crippen LogP contribution is -2.05. The molecule has 0 saturated heterocycles. The van der Waals surface area contributed by atoms with Gasteiger partial charge in [-0.15, -0.1) is 5.10 Å². The molecule has 7 heteroatoms. The van der Waals surface area contributed by atoms with Gasteiger partial charge in [0.25, 0.3) is 0 Å². The molecule has 6 nitrogen and oxygen atoms in total. The molecule has 0 unspecified atom stereocenters. The second-order valence-corrected chi connectivity index (χ2v) is 4.98. The van der Waals surface area contributed by atoms with Gasteiger partial charge in [0, 0.05) is 25.9 Å². The summed E-state index contributed by atoms with van der Waals surface area (Å²) < 4.78 is 20.9. The van der Waals surface area contributed by atoms with Crippen molar-refractivity contribution in [2.75, 3.05) is 19.5 Å². The first-order chi connectivity index (χ1) is 10.1. The highest BCUT2D eigenvalue weighted by molar-refractivity contribution is 5.63. The molecule has 0 aliphatic heterocycles. The zero-order chi connectivity index (χ0) is 15.2. The molecule has 2 N–H and O–H groups in total. The number of aromatic nitrogens is 4. The Morgan fingerprint density at radius 2 is 2.10 bits per heavy atom. The summed E-state index contributed by atoms with van der Waals surface area (Å²) in [6.07, 6.45) is 2.90. The van der Waals surface area contributed by atoms with Crippen molar-refractivity contribution in [3.8, 4) is 11.4 Å². The fourth-order valence-corrected chi connectivity index (χ4v) is 2.19. The van der Waals surface area contributed by atoms with E-state index >= 15 is 0 Å². The van der Waals surface area contributed by atoms with Crippen LogP contribution in [0.2, 0.25) is 0 Å². The minimum absolute atomic E-state index is 0.334. The second kappa shape index (κ2) is 7.12. The van der Waals surface area contributed by atoms with Gasteiger partial charge >= 0.3 is 0 Å². The van der Waals surface area contributed by atoms with Crippen molar-refractivity contribution in [3.05, 3.63) is 23.5 Å². The summed E-state index contributed by atoms with van der Waals surface area (Å²) in [6.45, 7) is 3.05. The molecule has 0 saturated carbocycles. The number of hydrogen-bond acceptors (Lipinski definition) is 5. The average molecular weight is 293 g/mol. The third kappa shape index (κ3) is 3.75. The molecule has 1 aromatic heterocycles. The van der Waals surface area contributed by atoms with E-state index in [1.165, 1.54) is 0 Å². The first-order valence-electron chi connectivity index (χ1n) is 6.94. The molecule has 114 valence electrons. The Morgan fingerprint density at radius 1 is 1.29 bits per heavy atom. The quantitative estimate of drug-likeness (QED) is 0.625. The van der Waals surface area contributed by atoms with Gasteiger partial charge in [0.1, 0.15) is 5.82 Å². The largest absolute Gasteiger partial charge is 0.399 e. The molecular formula is C14H20FN5O. The predicted molar refractivity (Wildman–Crippen MR) is 78.1 cm³/mol. The summed E-state index contributed by atoms with van der Waals surface area (Å²) >= 11 is 0. The number of halogens is 1. The van der Waals surface area contributed by atoms with Crippen molar-refractivity contribution in [1.29, 1.82) is 0 Å². The zero-order valence-electron chi connectivity index (χ0n) is 12.3. The Kier molecular flexibility index (Phi) is 5.21. The van der Waals surface area contributed by atoms with E-state index in [0.29, 0.717) is 29.2 Å². The highest BCUT2D eigenvalue weighted by Gasteiger charge is 2.15. The van der Waals surface area contributed by atoms with Gasteiger partial charge in [-0.3, -0.25) is 0 Å². The van der Waals surface area contributed by atoms with Crippen molar-refractivity contribution in [3.63, 3.8) is 0 Å². The molecule has 21 heavy (non-hydrogen) atoms. The summed E-state index contributed by atoms with van der Waals surface area (Å²) in [4.78, 5) is 0. The van der Waals surface area contributed by atoms with Crippen molar-refractivity contribution >= 4 is 5.69 Å². The number of nitrogen functional groups attached to an aromatic ring is 1. The molecule has 0 bridgehead atoms. The number of benzene rings is 1. The van der Waals surface area contributed by atoms with Crippen LogP contribution < -0.4 is 5.73 Å². The number of nitrogens with two attached hydrogens (primary N) is 1. The van der Waals surface area contributed by atoms with Crippen LogP contribution in [0.3, 0.4) is 0 Å².